The van der Waals surface area contributed by atoms with Crippen LogP contribution in [0.1, 0.15) is 6.42 Å². The first kappa shape index (κ1) is 7.58. The largest absolute Gasteiger partial charge is 0.299 e. The van der Waals surface area contributed by atoms with E-state index in [1.807, 2.05) is 0 Å². The van der Waals surface area contributed by atoms with Crippen molar-refractivity contribution in [1.29, 1.82) is 0 Å². The summed E-state index contributed by atoms with van der Waals surface area (Å²) in [4.78, 5) is 12.0. The Kier molecular flexibility index (Phi) is 0.931. The highest BCUT2D eigenvalue weighted by Crippen LogP contribution is 2.84. The van der Waals surface area contributed by atoms with Gasteiger partial charge in [-0.15, -0.1) is 0 Å². The minimum Gasteiger partial charge on any atom is -0.299 e. The predicted molar refractivity (Wildman–Crippen MR) is 55.7 cm³/mol. The minimum absolute atomic E-state index is 0.155. The van der Waals surface area contributed by atoms with Crippen molar-refractivity contribution in [3.63, 3.8) is 0 Å². The Balaban J connectivity index is 1.92. The summed E-state index contributed by atoms with van der Waals surface area (Å²) in [5.41, 5.74) is -1.06. The molecule has 9 atom stereocenters. The van der Waals surface area contributed by atoms with Gasteiger partial charge in [0.25, 0.3) is 0 Å². The lowest BCUT2D eigenvalue weighted by Gasteiger charge is -2.35. The lowest BCUT2D eigenvalue weighted by atomic mass is 9.70. The van der Waals surface area contributed by atoms with Gasteiger partial charge in [0.15, 0.2) is 0 Å². The smallest absolute Gasteiger partial charge is 0.143 e. The number of hydrogen-bond acceptors (Lipinski definition) is 1. The summed E-state index contributed by atoms with van der Waals surface area (Å²) in [6, 6.07) is 0. The molecule has 14 heavy (non-hydrogen) atoms. The first-order valence-electron chi connectivity index (χ1n) is 5.54. The summed E-state index contributed by atoms with van der Waals surface area (Å²) >= 11 is 2.30. The van der Waals surface area contributed by atoms with E-state index < -0.39 is 5.67 Å². The molecule has 0 heterocycles. The molecule has 0 saturated heterocycles. The molecule has 0 N–H and O–H groups in total. The summed E-state index contributed by atoms with van der Waals surface area (Å²) in [5, 5.41) is 0. The molecule has 6 rings (SSSR count). The second-order valence-corrected chi connectivity index (χ2v) is 7.22. The van der Waals surface area contributed by atoms with Crippen molar-refractivity contribution >= 4 is 28.4 Å². The molecular formula is C11H10FIO. The van der Waals surface area contributed by atoms with Gasteiger partial charge in [-0.25, -0.2) is 4.39 Å². The number of ketones is 1. The predicted octanol–water partition coefficient (Wildman–Crippen LogP) is 1.84. The second-order valence-electron chi connectivity index (χ2n) is 5.88. The average Bonchev–Trinajstić information content (AvgIpc) is 2.81. The van der Waals surface area contributed by atoms with Gasteiger partial charge >= 0.3 is 0 Å². The van der Waals surface area contributed by atoms with Gasteiger partial charge in [-0.3, -0.25) is 4.79 Å². The Labute approximate surface area is 94.9 Å². The van der Waals surface area contributed by atoms with Gasteiger partial charge in [-0.2, -0.15) is 0 Å². The zero-order chi connectivity index (χ0) is 9.40. The van der Waals surface area contributed by atoms with Gasteiger partial charge < -0.3 is 0 Å². The van der Waals surface area contributed by atoms with E-state index in [2.05, 4.69) is 22.6 Å². The molecule has 6 saturated carbocycles. The number of carbonyl (C=O) groups is 1. The standard InChI is InChI=1S/C11H10FIO/c12-11-7-3-1-2-4(5(3)10(11)13)8(11)9(14)6(2)7/h2-8,10H,1H2/t2-,3+,4-,5+,6+,7-,8+,10+,11+/m1/s1. The third-order valence-electron chi connectivity index (χ3n) is 6.06. The fourth-order valence-electron chi connectivity index (χ4n) is 6.14. The maximum Gasteiger partial charge on any atom is 0.143 e. The van der Waals surface area contributed by atoms with Gasteiger partial charge in [0, 0.05) is 15.8 Å². The van der Waals surface area contributed by atoms with E-state index in [9.17, 15) is 9.18 Å². The molecule has 6 fully saturated rings. The van der Waals surface area contributed by atoms with Crippen LogP contribution in [0.5, 0.6) is 0 Å². The first-order chi connectivity index (χ1) is 6.67. The molecule has 6 bridgehead atoms. The van der Waals surface area contributed by atoms with Gasteiger partial charge in [-0.1, -0.05) is 22.6 Å². The van der Waals surface area contributed by atoms with Gasteiger partial charge in [0.05, 0.1) is 5.92 Å². The van der Waals surface area contributed by atoms with Crippen LogP contribution in [0.25, 0.3) is 0 Å². The Bertz CT molecular complexity index is 395. The first-order valence-corrected chi connectivity index (χ1v) is 6.78. The summed E-state index contributed by atoms with van der Waals surface area (Å²) in [6.45, 7) is 0. The molecule has 0 radical (unpaired) electrons. The fraction of sp³-hybridized carbons (Fsp3) is 0.909. The van der Waals surface area contributed by atoms with Crippen LogP contribution < -0.4 is 0 Å². The van der Waals surface area contributed by atoms with E-state index in [1.165, 1.54) is 6.42 Å². The molecule has 74 valence electrons. The van der Waals surface area contributed by atoms with E-state index in [-0.39, 0.29) is 21.7 Å². The van der Waals surface area contributed by atoms with Gasteiger partial charge in [-0.05, 0) is 30.1 Å². The normalized spacial score (nSPS) is 80.3. The van der Waals surface area contributed by atoms with E-state index in [1.54, 1.807) is 0 Å². The number of carbonyl (C=O) groups excluding carboxylic acids is 1. The van der Waals surface area contributed by atoms with Crippen LogP contribution in [-0.2, 0) is 4.79 Å². The Hall–Kier alpha value is 0.330. The van der Waals surface area contributed by atoms with Crippen LogP contribution in [0, 0.1) is 41.4 Å². The van der Waals surface area contributed by atoms with Crippen molar-refractivity contribution in [3.05, 3.63) is 0 Å². The quantitative estimate of drug-likeness (QED) is 0.493. The third kappa shape index (κ3) is 0.407. The highest BCUT2D eigenvalue weighted by Gasteiger charge is 2.90. The van der Waals surface area contributed by atoms with Crippen molar-refractivity contribution in [3.8, 4) is 0 Å². The fourth-order valence-corrected chi connectivity index (χ4v) is 7.96. The zero-order valence-electron chi connectivity index (χ0n) is 7.49. The number of rotatable bonds is 0. The highest BCUT2D eigenvalue weighted by molar-refractivity contribution is 14.1. The summed E-state index contributed by atoms with van der Waals surface area (Å²) in [5.74, 6) is 2.71. The maximum absolute atomic E-state index is 14.9. The van der Waals surface area contributed by atoms with Crippen molar-refractivity contribution in [2.45, 2.75) is 16.0 Å². The van der Waals surface area contributed by atoms with Gasteiger partial charge in [0.1, 0.15) is 11.5 Å². The Morgan fingerprint density at radius 2 is 2.14 bits per heavy atom. The van der Waals surface area contributed by atoms with Crippen molar-refractivity contribution < 1.29 is 9.18 Å². The maximum atomic E-state index is 14.9. The summed E-state index contributed by atoms with van der Waals surface area (Å²) in [6.07, 6.45) is 1.18. The molecule has 1 nitrogen and oxygen atoms in total. The minimum atomic E-state index is -1.06. The lowest BCUT2D eigenvalue weighted by Crippen LogP contribution is -2.42. The topological polar surface area (TPSA) is 17.1 Å². The number of hydrogen-bond donors (Lipinski definition) is 0. The molecule has 0 amide bonds. The highest BCUT2D eigenvalue weighted by atomic mass is 127. The van der Waals surface area contributed by atoms with Crippen molar-refractivity contribution in [1.82, 2.24) is 0 Å². The van der Waals surface area contributed by atoms with Crippen molar-refractivity contribution in [2.75, 3.05) is 0 Å². The average molecular weight is 304 g/mol. The Morgan fingerprint density at radius 1 is 1.36 bits per heavy atom. The van der Waals surface area contributed by atoms with Crippen LogP contribution in [0.2, 0.25) is 0 Å². The Morgan fingerprint density at radius 3 is 2.86 bits per heavy atom. The van der Waals surface area contributed by atoms with E-state index in [4.69, 9.17) is 0 Å². The molecule has 6 aliphatic rings. The summed E-state index contributed by atoms with van der Waals surface area (Å²) < 4.78 is 15.1. The molecule has 6 aliphatic carbocycles. The van der Waals surface area contributed by atoms with E-state index in [0.29, 0.717) is 29.5 Å². The number of Topliss-reactive ketones (excluding diaryl/α,β-unsaturated/α-hetero) is 1. The monoisotopic (exact) mass is 304 g/mol. The van der Waals surface area contributed by atoms with E-state index in [0.717, 1.165) is 0 Å². The van der Waals surface area contributed by atoms with E-state index >= 15 is 0 Å². The van der Waals surface area contributed by atoms with Crippen molar-refractivity contribution in [2.24, 2.45) is 41.4 Å². The third-order valence-corrected chi connectivity index (χ3v) is 7.84. The van der Waals surface area contributed by atoms with Crippen LogP contribution in [0.15, 0.2) is 0 Å². The molecule has 0 aromatic rings. The van der Waals surface area contributed by atoms with Gasteiger partial charge in [0.2, 0.25) is 0 Å². The molecular weight excluding hydrogens is 294 g/mol. The molecule has 0 aliphatic heterocycles. The SMILES string of the molecule is O=C1[C@H]2[C@@H]3C[C@H]4[C@H]5[C@@H]3[C@@H]1[C@@](F)([C@H]42)[C@H]5I. The molecule has 0 aromatic heterocycles. The number of alkyl halides is 2. The molecule has 0 unspecified atom stereocenters. The van der Waals surface area contributed by atoms with Crippen LogP contribution >= 0.6 is 22.6 Å². The molecule has 3 heteroatoms. The lowest BCUT2D eigenvalue weighted by molar-refractivity contribution is -0.122. The molecule has 0 aromatic carbocycles. The van der Waals surface area contributed by atoms with Crippen LogP contribution in [0.3, 0.4) is 0 Å². The van der Waals surface area contributed by atoms with Crippen LogP contribution in [-0.4, -0.2) is 15.4 Å². The van der Waals surface area contributed by atoms with Crippen LogP contribution in [0.4, 0.5) is 4.39 Å². The second kappa shape index (κ2) is 1.72. The summed E-state index contributed by atoms with van der Waals surface area (Å²) in [7, 11) is 0. The molecule has 0 spiro atoms. The zero-order valence-corrected chi connectivity index (χ0v) is 9.65. The number of halogens is 2.